The van der Waals surface area contributed by atoms with E-state index in [-0.39, 0.29) is 0 Å². The Balaban J connectivity index is 1.53. The molecule has 4 aromatic rings. The van der Waals surface area contributed by atoms with Crippen molar-refractivity contribution in [3.8, 4) is 0 Å². The third kappa shape index (κ3) is 2.39. The highest BCUT2D eigenvalue weighted by Crippen LogP contribution is 2.32. The fraction of sp³-hybridized carbons (Fsp3) is 0.188. The van der Waals surface area contributed by atoms with Crippen LogP contribution in [0.5, 0.6) is 0 Å². The van der Waals surface area contributed by atoms with Crippen molar-refractivity contribution >= 4 is 50.0 Å². The first kappa shape index (κ1) is 12.8. The number of thiophene rings is 1. The lowest BCUT2D eigenvalue weighted by atomic mass is 10.2. The second-order valence-electron chi connectivity index (χ2n) is 5.65. The van der Waals surface area contributed by atoms with Crippen LogP contribution < -0.4 is 10.6 Å². The van der Waals surface area contributed by atoms with Gasteiger partial charge in [-0.05, 0) is 36.4 Å². The standard InChI is InChI=1S/C16H13N5OS/c1-2-11(7-13-9(1)8-17-22-13)19-16-20-12-5-6-23-14(12)15(21-16)18-10-3-4-10/h1-2,5-8,10H,3-4H2,(H2,18,19,20,21). The number of benzene rings is 1. The number of hydrogen-bond donors (Lipinski definition) is 2. The minimum Gasteiger partial charge on any atom is -0.366 e. The van der Waals surface area contributed by atoms with Gasteiger partial charge in [-0.3, -0.25) is 0 Å². The van der Waals surface area contributed by atoms with Gasteiger partial charge in [0, 0.05) is 23.2 Å². The van der Waals surface area contributed by atoms with E-state index in [9.17, 15) is 0 Å². The molecule has 0 amide bonds. The number of fused-ring (bicyclic) bond motifs is 2. The van der Waals surface area contributed by atoms with Gasteiger partial charge in [-0.25, -0.2) is 4.98 Å². The molecular weight excluding hydrogens is 310 g/mol. The van der Waals surface area contributed by atoms with Gasteiger partial charge < -0.3 is 15.2 Å². The molecule has 0 unspecified atom stereocenters. The Morgan fingerprint density at radius 1 is 1.17 bits per heavy atom. The van der Waals surface area contributed by atoms with Crippen LogP contribution in [-0.2, 0) is 0 Å². The molecule has 114 valence electrons. The molecule has 0 bridgehead atoms. The molecule has 6 nitrogen and oxygen atoms in total. The number of nitrogens with zero attached hydrogens (tertiary/aromatic N) is 3. The summed E-state index contributed by atoms with van der Waals surface area (Å²) in [5.41, 5.74) is 2.57. The van der Waals surface area contributed by atoms with Gasteiger partial charge >= 0.3 is 0 Å². The van der Waals surface area contributed by atoms with Gasteiger partial charge in [0.05, 0.1) is 16.4 Å². The minimum absolute atomic E-state index is 0.550. The summed E-state index contributed by atoms with van der Waals surface area (Å²) in [4.78, 5) is 9.24. The van der Waals surface area contributed by atoms with Crippen molar-refractivity contribution in [2.45, 2.75) is 18.9 Å². The number of rotatable bonds is 4. The van der Waals surface area contributed by atoms with E-state index in [1.807, 2.05) is 29.6 Å². The SMILES string of the molecule is c1cc2nc(Nc3ccc4cnoc4c3)nc(NC3CC3)c2s1. The van der Waals surface area contributed by atoms with Crippen molar-refractivity contribution < 1.29 is 4.52 Å². The summed E-state index contributed by atoms with van der Waals surface area (Å²) >= 11 is 1.66. The zero-order valence-electron chi connectivity index (χ0n) is 12.1. The van der Waals surface area contributed by atoms with Gasteiger partial charge in [0.15, 0.2) is 5.58 Å². The predicted molar refractivity (Wildman–Crippen MR) is 91.4 cm³/mol. The lowest BCUT2D eigenvalue weighted by molar-refractivity contribution is 0.456. The number of nitrogens with one attached hydrogen (secondary N) is 2. The van der Waals surface area contributed by atoms with E-state index in [1.54, 1.807) is 17.5 Å². The molecule has 0 spiro atoms. The average Bonchev–Trinajstić information content (AvgIpc) is 3.06. The molecule has 5 rings (SSSR count). The van der Waals surface area contributed by atoms with Gasteiger partial charge in [0.2, 0.25) is 5.95 Å². The average molecular weight is 323 g/mol. The van der Waals surface area contributed by atoms with Crippen LogP contribution in [-0.4, -0.2) is 21.2 Å². The maximum atomic E-state index is 5.20. The Bertz CT molecular complexity index is 1000. The van der Waals surface area contributed by atoms with E-state index in [1.165, 1.54) is 12.8 Å². The zero-order valence-corrected chi connectivity index (χ0v) is 12.9. The number of aromatic nitrogens is 3. The summed E-state index contributed by atoms with van der Waals surface area (Å²) in [5, 5.41) is 13.6. The van der Waals surface area contributed by atoms with Crippen molar-refractivity contribution in [1.29, 1.82) is 0 Å². The third-order valence-corrected chi connectivity index (χ3v) is 4.74. The molecule has 2 N–H and O–H groups in total. The molecule has 0 radical (unpaired) electrons. The monoisotopic (exact) mass is 323 g/mol. The quantitative estimate of drug-likeness (QED) is 0.587. The van der Waals surface area contributed by atoms with Crippen LogP contribution in [0.3, 0.4) is 0 Å². The van der Waals surface area contributed by atoms with Crippen LogP contribution in [0.1, 0.15) is 12.8 Å². The van der Waals surface area contributed by atoms with Crippen LogP contribution in [0.25, 0.3) is 21.2 Å². The Hall–Kier alpha value is -2.67. The van der Waals surface area contributed by atoms with Gasteiger partial charge in [0.1, 0.15) is 5.82 Å². The van der Waals surface area contributed by atoms with Crippen LogP contribution >= 0.6 is 11.3 Å². The van der Waals surface area contributed by atoms with Crippen molar-refractivity contribution in [3.63, 3.8) is 0 Å². The Labute approximate surface area is 135 Å². The van der Waals surface area contributed by atoms with Crippen molar-refractivity contribution in [1.82, 2.24) is 15.1 Å². The molecule has 3 aromatic heterocycles. The Morgan fingerprint density at radius 2 is 2.13 bits per heavy atom. The number of hydrogen-bond acceptors (Lipinski definition) is 7. The van der Waals surface area contributed by atoms with Crippen LogP contribution in [0.2, 0.25) is 0 Å². The summed E-state index contributed by atoms with van der Waals surface area (Å²) in [6.07, 6.45) is 4.12. The highest BCUT2D eigenvalue weighted by atomic mass is 32.1. The molecule has 1 aliphatic carbocycles. The Kier molecular flexibility index (Phi) is 2.75. The lowest BCUT2D eigenvalue weighted by Crippen LogP contribution is -2.06. The molecule has 0 saturated heterocycles. The molecule has 1 fully saturated rings. The fourth-order valence-corrected chi connectivity index (χ4v) is 3.29. The second-order valence-corrected chi connectivity index (χ2v) is 6.57. The predicted octanol–water partition coefficient (Wildman–Crippen LogP) is 4.15. The van der Waals surface area contributed by atoms with E-state index in [0.717, 1.165) is 32.7 Å². The summed E-state index contributed by atoms with van der Waals surface area (Å²) in [7, 11) is 0. The first-order chi connectivity index (χ1) is 11.3. The molecule has 7 heteroatoms. The topological polar surface area (TPSA) is 75.9 Å². The molecule has 3 heterocycles. The van der Waals surface area contributed by atoms with E-state index in [4.69, 9.17) is 4.52 Å². The summed E-state index contributed by atoms with van der Waals surface area (Å²) in [6, 6.07) is 8.39. The molecular formula is C16H13N5OS. The maximum absolute atomic E-state index is 5.20. The maximum Gasteiger partial charge on any atom is 0.229 e. The first-order valence-electron chi connectivity index (χ1n) is 7.48. The van der Waals surface area contributed by atoms with Gasteiger partial charge in [-0.1, -0.05) is 5.16 Å². The molecule has 1 aliphatic rings. The van der Waals surface area contributed by atoms with Crippen LogP contribution in [0.4, 0.5) is 17.5 Å². The van der Waals surface area contributed by atoms with E-state index in [2.05, 4.69) is 25.8 Å². The van der Waals surface area contributed by atoms with Crippen molar-refractivity contribution in [3.05, 3.63) is 35.8 Å². The highest BCUT2D eigenvalue weighted by molar-refractivity contribution is 7.17. The van der Waals surface area contributed by atoms with Gasteiger partial charge in [-0.2, -0.15) is 4.98 Å². The summed E-state index contributed by atoms with van der Waals surface area (Å²) < 4.78 is 6.30. The van der Waals surface area contributed by atoms with Crippen molar-refractivity contribution in [2.75, 3.05) is 10.6 Å². The lowest BCUT2D eigenvalue weighted by Gasteiger charge is -2.09. The van der Waals surface area contributed by atoms with Crippen LogP contribution in [0.15, 0.2) is 40.4 Å². The van der Waals surface area contributed by atoms with Gasteiger partial charge in [0.25, 0.3) is 0 Å². The minimum atomic E-state index is 0.550. The van der Waals surface area contributed by atoms with E-state index in [0.29, 0.717) is 12.0 Å². The third-order valence-electron chi connectivity index (χ3n) is 3.83. The first-order valence-corrected chi connectivity index (χ1v) is 8.36. The highest BCUT2D eigenvalue weighted by Gasteiger charge is 2.23. The molecule has 1 saturated carbocycles. The second kappa shape index (κ2) is 4.92. The largest absolute Gasteiger partial charge is 0.366 e. The zero-order chi connectivity index (χ0) is 15.2. The molecule has 23 heavy (non-hydrogen) atoms. The van der Waals surface area contributed by atoms with Crippen LogP contribution in [0, 0.1) is 0 Å². The normalized spacial score (nSPS) is 14.4. The van der Waals surface area contributed by atoms with E-state index >= 15 is 0 Å². The molecule has 0 aliphatic heterocycles. The smallest absolute Gasteiger partial charge is 0.229 e. The van der Waals surface area contributed by atoms with Gasteiger partial charge in [-0.15, -0.1) is 11.3 Å². The summed E-state index contributed by atoms with van der Waals surface area (Å²) in [5.74, 6) is 1.49. The Morgan fingerprint density at radius 3 is 3.04 bits per heavy atom. The molecule has 0 atom stereocenters. The fourth-order valence-electron chi connectivity index (χ4n) is 2.51. The summed E-state index contributed by atoms with van der Waals surface area (Å²) in [6.45, 7) is 0. The molecule has 1 aromatic carbocycles. The van der Waals surface area contributed by atoms with E-state index < -0.39 is 0 Å². The van der Waals surface area contributed by atoms with Crippen molar-refractivity contribution in [2.24, 2.45) is 0 Å². The number of anilines is 3.